The van der Waals surface area contributed by atoms with Gasteiger partial charge in [-0.25, -0.2) is 9.97 Å². The van der Waals surface area contributed by atoms with Crippen LogP contribution in [0, 0.1) is 0 Å². The van der Waals surface area contributed by atoms with Gasteiger partial charge in [-0.15, -0.1) is 0 Å². The van der Waals surface area contributed by atoms with Gasteiger partial charge in [0.2, 0.25) is 0 Å². The Labute approximate surface area is 114 Å². The molecule has 0 saturated heterocycles. The van der Waals surface area contributed by atoms with Gasteiger partial charge >= 0.3 is 0 Å². The van der Waals surface area contributed by atoms with Gasteiger partial charge in [0.15, 0.2) is 0 Å². The van der Waals surface area contributed by atoms with Gasteiger partial charge in [-0.05, 0) is 32.6 Å². The highest BCUT2D eigenvalue weighted by Gasteiger charge is 2.37. The maximum absolute atomic E-state index is 9.57. The number of nitrogens with zero attached hydrogens (tertiary/aromatic N) is 2. The molecule has 1 fully saturated rings. The number of aromatic nitrogens is 2. The van der Waals surface area contributed by atoms with Crippen LogP contribution in [0.1, 0.15) is 45.1 Å². The summed E-state index contributed by atoms with van der Waals surface area (Å²) >= 11 is 0. The average molecular weight is 264 g/mol. The number of aliphatic hydroxyl groups excluding tert-OH is 1. The van der Waals surface area contributed by atoms with Crippen molar-refractivity contribution >= 4 is 11.6 Å². The smallest absolute Gasteiger partial charge is 0.135 e. The van der Waals surface area contributed by atoms with E-state index in [0.717, 1.165) is 49.4 Å². The molecule has 19 heavy (non-hydrogen) atoms. The summed E-state index contributed by atoms with van der Waals surface area (Å²) in [6, 6.07) is 0. The molecule has 0 bridgehead atoms. The fraction of sp³-hybridized carbons (Fsp3) is 0.714. The maximum atomic E-state index is 9.57. The summed E-state index contributed by atoms with van der Waals surface area (Å²) in [5.41, 5.74) is 0.965. The summed E-state index contributed by atoms with van der Waals surface area (Å²) in [7, 11) is 0. The molecule has 0 unspecified atom stereocenters. The van der Waals surface area contributed by atoms with Crippen molar-refractivity contribution in [3.8, 4) is 0 Å². The van der Waals surface area contributed by atoms with Gasteiger partial charge in [0, 0.05) is 12.1 Å². The molecular weight excluding hydrogens is 240 g/mol. The van der Waals surface area contributed by atoms with Gasteiger partial charge < -0.3 is 15.7 Å². The van der Waals surface area contributed by atoms with Gasteiger partial charge in [0.05, 0.1) is 12.1 Å². The standard InChI is InChI=1S/C14H24N4O/c1-3-6-11-12(15-4-2)16-10-17-13(11)18-14(9-19)7-5-8-14/h10,19H,3-9H2,1-2H3,(H2,15,16,17,18). The maximum Gasteiger partial charge on any atom is 0.135 e. The van der Waals surface area contributed by atoms with Crippen LogP contribution < -0.4 is 10.6 Å². The van der Waals surface area contributed by atoms with E-state index in [9.17, 15) is 5.11 Å². The number of nitrogens with one attached hydrogen (secondary N) is 2. The predicted molar refractivity (Wildman–Crippen MR) is 77.5 cm³/mol. The van der Waals surface area contributed by atoms with Crippen LogP contribution in [0.5, 0.6) is 0 Å². The van der Waals surface area contributed by atoms with Crippen LogP contribution in [0.15, 0.2) is 6.33 Å². The van der Waals surface area contributed by atoms with Crippen molar-refractivity contribution < 1.29 is 5.11 Å². The third-order valence-corrected chi connectivity index (χ3v) is 3.79. The Morgan fingerprint density at radius 1 is 1.26 bits per heavy atom. The minimum absolute atomic E-state index is 0.166. The fourth-order valence-electron chi connectivity index (χ4n) is 2.50. The largest absolute Gasteiger partial charge is 0.394 e. The SMILES string of the molecule is CCCc1c(NCC)ncnc1NC1(CO)CCC1. The summed E-state index contributed by atoms with van der Waals surface area (Å²) in [4.78, 5) is 8.70. The highest BCUT2D eigenvalue weighted by molar-refractivity contribution is 5.58. The zero-order valence-electron chi connectivity index (χ0n) is 11.9. The first-order valence-corrected chi connectivity index (χ1v) is 7.21. The first kappa shape index (κ1) is 14.1. The second-order valence-electron chi connectivity index (χ2n) is 5.25. The predicted octanol–water partition coefficient (Wildman–Crippen LogP) is 2.19. The lowest BCUT2D eigenvalue weighted by Gasteiger charge is -2.41. The number of anilines is 2. The lowest BCUT2D eigenvalue weighted by atomic mass is 9.77. The van der Waals surface area contributed by atoms with Gasteiger partial charge in [-0.2, -0.15) is 0 Å². The van der Waals surface area contributed by atoms with E-state index in [1.54, 1.807) is 6.33 Å². The molecule has 1 aromatic heterocycles. The molecule has 1 aromatic rings. The van der Waals surface area contributed by atoms with Crippen molar-refractivity contribution in [3.05, 3.63) is 11.9 Å². The molecule has 3 N–H and O–H groups in total. The third-order valence-electron chi connectivity index (χ3n) is 3.79. The minimum Gasteiger partial charge on any atom is -0.394 e. The molecule has 1 heterocycles. The molecule has 1 aliphatic rings. The topological polar surface area (TPSA) is 70.1 Å². The lowest BCUT2D eigenvalue weighted by molar-refractivity contribution is 0.143. The van der Waals surface area contributed by atoms with Crippen molar-refractivity contribution in [2.75, 3.05) is 23.8 Å². The van der Waals surface area contributed by atoms with Crippen molar-refractivity contribution in [1.82, 2.24) is 9.97 Å². The zero-order valence-corrected chi connectivity index (χ0v) is 11.9. The third kappa shape index (κ3) is 2.97. The first-order chi connectivity index (χ1) is 9.24. The van der Waals surface area contributed by atoms with E-state index in [4.69, 9.17) is 0 Å². The van der Waals surface area contributed by atoms with Crippen molar-refractivity contribution in [3.63, 3.8) is 0 Å². The van der Waals surface area contributed by atoms with Crippen LogP contribution in [-0.2, 0) is 6.42 Å². The molecule has 2 rings (SSSR count). The summed E-state index contributed by atoms with van der Waals surface area (Å²) in [6.07, 6.45) is 6.76. The molecule has 0 atom stereocenters. The highest BCUT2D eigenvalue weighted by Crippen LogP contribution is 2.36. The van der Waals surface area contributed by atoms with Crippen LogP contribution in [0.2, 0.25) is 0 Å². The Hall–Kier alpha value is -1.36. The Morgan fingerprint density at radius 3 is 2.53 bits per heavy atom. The quantitative estimate of drug-likeness (QED) is 0.704. The molecule has 0 amide bonds. The molecule has 0 spiro atoms. The second kappa shape index (κ2) is 6.19. The molecule has 0 radical (unpaired) electrons. The number of aliphatic hydroxyl groups is 1. The summed E-state index contributed by atoms with van der Waals surface area (Å²) in [5, 5.41) is 16.3. The van der Waals surface area contributed by atoms with E-state index in [1.807, 2.05) is 0 Å². The molecule has 1 saturated carbocycles. The monoisotopic (exact) mass is 264 g/mol. The second-order valence-corrected chi connectivity index (χ2v) is 5.25. The van der Waals surface area contributed by atoms with Crippen molar-refractivity contribution in [2.24, 2.45) is 0 Å². The van der Waals surface area contributed by atoms with E-state index in [1.165, 1.54) is 6.42 Å². The lowest BCUT2D eigenvalue weighted by Crippen LogP contribution is -2.48. The highest BCUT2D eigenvalue weighted by atomic mass is 16.3. The molecule has 106 valence electrons. The Balaban J connectivity index is 2.25. The average Bonchev–Trinajstić information content (AvgIpc) is 2.37. The fourth-order valence-corrected chi connectivity index (χ4v) is 2.50. The van der Waals surface area contributed by atoms with Gasteiger partial charge in [-0.1, -0.05) is 13.3 Å². The molecule has 0 aromatic carbocycles. The first-order valence-electron chi connectivity index (χ1n) is 7.21. The van der Waals surface area contributed by atoms with Crippen LogP contribution in [-0.4, -0.2) is 33.8 Å². The molecular formula is C14H24N4O. The Kier molecular flexibility index (Phi) is 4.58. The minimum atomic E-state index is -0.166. The zero-order chi connectivity index (χ0) is 13.7. The Morgan fingerprint density at radius 2 is 2.00 bits per heavy atom. The molecule has 5 nitrogen and oxygen atoms in total. The van der Waals surface area contributed by atoms with E-state index >= 15 is 0 Å². The number of hydrogen-bond donors (Lipinski definition) is 3. The molecule has 0 aliphatic heterocycles. The summed E-state index contributed by atoms with van der Waals surface area (Å²) in [6.45, 7) is 5.22. The van der Waals surface area contributed by atoms with Crippen LogP contribution in [0.25, 0.3) is 0 Å². The van der Waals surface area contributed by atoms with Crippen LogP contribution >= 0.6 is 0 Å². The molecule has 1 aliphatic carbocycles. The van der Waals surface area contributed by atoms with E-state index in [2.05, 4.69) is 34.4 Å². The number of rotatable bonds is 7. The Bertz CT molecular complexity index is 412. The van der Waals surface area contributed by atoms with Crippen LogP contribution in [0.4, 0.5) is 11.6 Å². The normalized spacial score (nSPS) is 16.8. The van der Waals surface area contributed by atoms with Crippen molar-refractivity contribution in [2.45, 2.75) is 51.5 Å². The van der Waals surface area contributed by atoms with E-state index in [0.29, 0.717) is 0 Å². The van der Waals surface area contributed by atoms with Crippen LogP contribution in [0.3, 0.4) is 0 Å². The summed E-state index contributed by atoms with van der Waals surface area (Å²) in [5.74, 6) is 1.79. The van der Waals surface area contributed by atoms with Gasteiger partial charge in [-0.3, -0.25) is 0 Å². The van der Waals surface area contributed by atoms with Crippen molar-refractivity contribution in [1.29, 1.82) is 0 Å². The molecule has 5 heteroatoms. The van der Waals surface area contributed by atoms with Gasteiger partial charge in [0.25, 0.3) is 0 Å². The number of hydrogen-bond acceptors (Lipinski definition) is 5. The van der Waals surface area contributed by atoms with Gasteiger partial charge in [0.1, 0.15) is 18.0 Å². The van der Waals surface area contributed by atoms with E-state index < -0.39 is 0 Å². The summed E-state index contributed by atoms with van der Waals surface area (Å²) < 4.78 is 0. The van der Waals surface area contributed by atoms with E-state index in [-0.39, 0.29) is 12.1 Å².